The van der Waals surface area contributed by atoms with Crippen molar-refractivity contribution in [2.75, 3.05) is 7.11 Å². The van der Waals surface area contributed by atoms with E-state index in [1.807, 2.05) is 24.3 Å². The van der Waals surface area contributed by atoms with E-state index in [-0.39, 0.29) is 0 Å². The first-order valence-corrected chi connectivity index (χ1v) is 7.65. The van der Waals surface area contributed by atoms with Crippen LogP contribution in [0.5, 0.6) is 5.88 Å². The molecule has 0 saturated carbocycles. The Morgan fingerprint density at radius 2 is 1.90 bits per heavy atom. The van der Waals surface area contributed by atoms with Crippen molar-refractivity contribution in [2.24, 2.45) is 0 Å². The number of hydrogen-bond acceptors (Lipinski definition) is 4. The standard InChI is InChI=1S/C15H11BrN2OS/c1-19-14-8-11(6-7-17-14)15-18-13(9-20-15)10-2-4-12(16)5-3-10/h2-9H,1H3. The SMILES string of the molecule is COc1cc(-c2nc(-c3ccc(Br)cc3)cs2)ccn1. The molecule has 0 radical (unpaired) electrons. The van der Waals surface area contributed by atoms with E-state index in [1.54, 1.807) is 24.6 Å². The zero-order valence-electron chi connectivity index (χ0n) is 10.7. The maximum absolute atomic E-state index is 5.14. The molecule has 3 rings (SSSR count). The smallest absolute Gasteiger partial charge is 0.213 e. The molecule has 3 aromatic rings. The Balaban J connectivity index is 1.95. The lowest BCUT2D eigenvalue weighted by Gasteiger charge is -2.00. The van der Waals surface area contributed by atoms with Crippen LogP contribution >= 0.6 is 27.3 Å². The van der Waals surface area contributed by atoms with Crippen molar-refractivity contribution in [3.05, 3.63) is 52.4 Å². The summed E-state index contributed by atoms with van der Waals surface area (Å²) in [4.78, 5) is 8.78. The van der Waals surface area contributed by atoms with Gasteiger partial charge in [-0.25, -0.2) is 9.97 Å². The summed E-state index contributed by atoms with van der Waals surface area (Å²) in [6.07, 6.45) is 1.73. The summed E-state index contributed by atoms with van der Waals surface area (Å²) < 4.78 is 6.21. The Morgan fingerprint density at radius 3 is 2.65 bits per heavy atom. The number of halogens is 1. The molecule has 0 aliphatic carbocycles. The van der Waals surface area contributed by atoms with E-state index in [2.05, 4.69) is 43.4 Å². The third-order valence-electron chi connectivity index (χ3n) is 2.84. The van der Waals surface area contributed by atoms with Crippen molar-refractivity contribution >= 4 is 27.3 Å². The number of thiazole rings is 1. The molecule has 0 N–H and O–H groups in total. The van der Waals surface area contributed by atoms with Gasteiger partial charge in [-0.1, -0.05) is 28.1 Å². The monoisotopic (exact) mass is 346 g/mol. The Bertz CT molecular complexity index is 725. The van der Waals surface area contributed by atoms with Gasteiger partial charge in [0, 0.05) is 33.2 Å². The lowest BCUT2D eigenvalue weighted by molar-refractivity contribution is 0.398. The highest BCUT2D eigenvalue weighted by atomic mass is 79.9. The first-order chi connectivity index (χ1) is 9.76. The summed E-state index contributed by atoms with van der Waals surface area (Å²) in [6, 6.07) is 12.0. The van der Waals surface area contributed by atoms with Gasteiger partial charge in [-0.2, -0.15) is 0 Å². The van der Waals surface area contributed by atoms with Crippen LogP contribution in [0.2, 0.25) is 0 Å². The summed E-state index contributed by atoms with van der Waals surface area (Å²) in [5, 5.41) is 3.02. The zero-order chi connectivity index (χ0) is 13.9. The number of methoxy groups -OCH3 is 1. The highest BCUT2D eigenvalue weighted by Crippen LogP contribution is 2.30. The molecular weight excluding hydrogens is 336 g/mol. The lowest BCUT2D eigenvalue weighted by Crippen LogP contribution is -1.87. The summed E-state index contributed by atoms with van der Waals surface area (Å²) >= 11 is 5.05. The van der Waals surface area contributed by atoms with Crippen molar-refractivity contribution in [1.82, 2.24) is 9.97 Å². The van der Waals surface area contributed by atoms with E-state index in [0.717, 1.165) is 26.3 Å². The van der Waals surface area contributed by atoms with Gasteiger partial charge in [0.25, 0.3) is 0 Å². The van der Waals surface area contributed by atoms with Crippen LogP contribution in [0.3, 0.4) is 0 Å². The van der Waals surface area contributed by atoms with E-state index >= 15 is 0 Å². The molecule has 5 heteroatoms. The van der Waals surface area contributed by atoms with E-state index < -0.39 is 0 Å². The number of ether oxygens (including phenoxy) is 1. The number of benzene rings is 1. The van der Waals surface area contributed by atoms with Crippen molar-refractivity contribution in [2.45, 2.75) is 0 Å². The molecule has 2 heterocycles. The summed E-state index contributed by atoms with van der Waals surface area (Å²) in [5.74, 6) is 0.600. The molecular formula is C15H11BrN2OS. The number of hydrogen-bond donors (Lipinski definition) is 0. The van der Waals surface area contributed by atoms with Crippen LogP contribution in [0, 0.1) is 0 Å². The number of rotatable bonds is 3. The largest absolute Gasteiger partial charge is 0.481 e. The van der Waals surface area contributed by atoms with Gasteiger partial charge in [0.2, 0.25) is 5.88 Å². The third kappa shape index (κ3) is 2.73. The molecule has 100 valence electrons. The average Bonchev–Trinajstić information content (AvgIpc) is 2.98. The van der Waals surface area contributed by atoms with Gasteiger partial charge in [0.1, 0.15) is 5.01 Å². The van der Waals surface area contributed by atoms with Gasteiger partial charge in [-0.05, 0) is 18.2 Å². The summed E-state index contributed by atoms with van der Waals surface area (Å²) in [6.45, 7) is 0. The Kier molecular flexibility index (Phi) is 3.80. The summed E-state index contributed by atoms with van der Waals surface area (Å²) in [5.41, 5.74) is 3.11. The molecule has 0 saturated heterocycles. The van der Waals surface area contributed by atoms with E-state index in [0.29, 0.717) is 5.88 Å². The maximum Gasteiger partial charge on any atom is 0.213 e. The van der Waals surface area contributed by atoms with Crippen LogP contribution < -0.4 is 4.74 Å². The van der Waals surface area contributed by atoms with Crippen LogP contribution in [0.25, 0.3) is 21.8 Å². The zero-order valence-corrected chi connectivity index (χ0v) is 13.1. The molecule has 0 fully saturated rings. The molecule has 0 aliphatic rings. The topological polar surface area (TPSA) is 35.0 Å². The van der Waals surface area contributed by atoms with Crippen molar-refractivity contribution < 1.29 is 4.74 Å². The van der Waals surface area contributed by atoms with Gasteiger partial charge in [0.15, 0.2) is 0 Å². The second-order valence-electron chi connectivity index (χ2n) is 4.13. The van der Waals surface area contributed by atoms with Crippen LogP contribution in [-0.2, 0) is 0 Å². The fraction of sp³-hybridized carbons (Fsp3) is 0.0667. The Morgan fingerprint density at radius 1 is 1.10 bits per heavy atom. The highest BCUT2D eigenvalue weighted by molar-refractivity contribution is 9.10. The number of aromatic nitrogens is 2. The van der Waals surface area contributed by atoms with Crippen LogP contribution in [-0.4, -0.2) is 17.1 Å². The predicted molar refractivity (Wildman–Crippen MR) is 85.0 cm³/mol. The lowest BCUT2D eigenvalue weighted by atomic mass is 10.2. The number of pyridine rings is 1. The van der Waals surface area contributed by atoms with Gasteiger partial charge in [-0.3, -0.25) is 0 Å². The van der Waals surface area contributed by atoms with Gasteiger partial charge in [-0.15, -0.1) is 11.3 Å². The van der Waals surface area contributed by atoms with Gasteiger partial charge < -0.3 is 4.74 Å². The molecule has 0 bridgehead atoms. The minimum atomic E-state index is 0.600. The second kappa shape index (κ2) is 5.73. The third-order valence-corrected chi connectivity index (χ3v) is 4.26. The fourth-order valence-electron chi connectivity index (χ4n) is 1.81. The molecule has 0 unspecified atom stereocenters. The maximum atomic E-state index is 5.14. The van der Waals surface area contributed by atoms with E-state index in [4.69, 9.17) is 4.74 Å². The first kappa shape index (κ1) is 13.3. The van der Waals surface area contributed by atoms with E-state index in [9.17, 15) is 0 Å². The van der Waals surface area contributed by atoms with Crippen LogP contribution in [0.15, 0.2) is 52.4 Å². The van der Waals surface area contributed by atoms with Gasteiger partial charge >= 0.3 is 0 Å². The normalized spacial score (nSPS) is 10.5. The molecule has 0 amide bonds. The van der Waals surface area contributed by atoms with Crippen molar-refractivity contribution in [3.63, 3.8) is 0 Å². The molecule has 0 atom stereocenters. The molecule has 0 aliphatic heterocycles. The van der Waals surface area contributed by atoms with Crippen molar-refractivity contribution in [3.8, 4) is 27.7 Å². The minimum Gasteiger partial charge on any atom is -0.481 e. The first-order valence-electron chi connectivity index (χ1n) is 5.98. The average molecular weight is 347 g/mol. The Hall–Kier alpha value is -1.72. The molecule has 2 aromatic heterocycles. The fourth-order valence-corrected chi connectivity index (χ4v) is 2.90. The number of nitrogens with zero attached hydrogens (tertiary/aromatic N) is 2. The Labute approximate surface area is 129 Å². The molecule has 20 heavy (non-hydrogen) atoms. The van der Waals surface area contributed by atoms with Crippen LogP contribution in [0.1, 0.15) is 0 Å². The molecule has 0 spiro atoms. The molecule has 3 nitrogen and oxygen atoms in total. The summed E-state index contributed by atoms with van der Waals surface area (Å²) in [7, 11) is 1.61. The van der Waals surface area contributed by atoms with Crippen molar-refractivity contribution in [1.29, 1.82) is 0 Å². The molecule has 1 aromatic carbocycles. The quantitative estimate of drug-likeness (QED) is 0.692. The second-order valence-corrected chi connectivity index (χ2v) is 5.91. The predicted octanol–water partition coefficient (Wildman–Crippen LogP) is 4.64. The van der Waals surface area contributed by atoms with Gasteiger partial charge in [0.05, 0.1) is 12.8 Å². The van der Waals surface area contributed by atoms with E-state index in [1.165, 1.54) is 0 Å². The minimum absolute atomic E-state index is 0.600. The highest BCUT2D eigenvalue weighted by Gasteiger charge is 2.07. The van der Waals surface area contributed by atoms with Crippen LogP contribution in [0.4, 0.5) is 0 Å².